The van der Waals surface area contributed by atoms with Crippen LogP contribution in [0.4, 0.5) is 17.2 Å². The number of hydrogen-bond acceptors (Lipinski definition) is 8. The Hall–Kier alpha value is -3.43. The molecule has 10 heteroatoms. The topological polar surface area (TPSA) is 136 Å². The zero-order valence-corrected chi connectivity index (χ0v) is 10.4. The molecule has 0 aliphatic rings. The van der Waals surface area contributed by atoms with E-state index in [-0.39, 0.29) is 5.82 Å². The second kappa shape index (κ2) is 6.14. The summed E-state index contributed by atoms with van der Waals surface area (Å²) in [5.41, 5.74) is 1.89. The summed E-state index contributed by atoms with van der Waals surface area (Å²) < 4.78 is 0. The molecule has 2 heterocycles. The first-order valence-electron chi connectivity index (χ1n) is 5.57. The monoisotopic (exact) mass is 288 g/mol. The fourth-order valence-electron chi connectivity index (χ4n) is 1.38. The highest BCUT2D eigenvalue weighted by molar-refractivity contribution is 5.77. The Balaban J connectivity index is 2.22. The number of nitrogens with zero attached hydrogens (tertiary/aromatic N) is 5. The van der Waals surface area contributed by atoms with Gasteiger partial charge in [-0.1, -0.05) is 6.07 Å². The standard InChI is InChI=1S/C11H8N6O4/c18-16(19)9-5-10(17(20)21)11(13-7-9)15-14-6-8-3-1-2-4-12-8/h1-7H,(H,13,15). The van der Waals surface area contributed by atoms with E-state index in [1.54, 1.807) is 24.4 Å². The maximum atomic E-state index is 10.9. The van der Waals surface area contributed by atoms with Gasteiger partial charge in [-0.25, -0.2) is 4.98 Å². The van der Waals surface area contributed by atoms with Crippen molar-refractivity contribution in [1.82, 2.24) is 9.97 Å². The third-order valence-electron chi connectivity index (χ3n) is 2.32. The summed E-state index contributed by atoms with van der Waals surface area (Å²) in [5.74, 6) is -0.196. The fourth-order valence-corrected chi connectivity index (χ4v) is 1.38. The van der Waals surface area contributed by atoms with Gasteiger partial charge in [0.25, 0.3) is 5.69 Å². The Kier molecular flexibility index (Phi) is 4.09. The van der Waals surface area contributed by atoms with Crippen molar-refractivity contribution in [2.24, 2.45) is 5.10 Å². The predicted molar refractivity (Wildman–Crippen MR) is 73.0 cm³/mol. The molecule has 21 heavy (non-hydrogen) atoms. The second-order valence-electron chi connectivity index (χ2n) is 3.70. The molecule has 0 spiro atoms. The van der Waals surface area contributed by atoms with E-state index in [1.165, 1.54) is 6.21 Å². The molecule has 10 nitrogen and oxygen atoms in total. The van der Waals surface area contributed by atoms with Crippen LogP contribution in [0.5, 0.6) is 0 Å². The van der Waals surface area contributed by atoms with Gasteiger partial charge in [-0.3, -0.25) is 30.6 Å². The predicted octanol–water partition coefficient (Wildman–Crippen LogP) is 1.74. The Morgan fingerprint density at radius 1 is 1.19 bits per heavy atom. The minimum Gasteiger partial charge on any atom is -0.258 e. The molecule has 0 atom stereocenters. The van der Waals surface area contributed by atoms with E-state index in [1.807, 2.05) is 0 Å². The highest BCUT2D eigenvalue weighted by Crippen LogP contribution is 2.26. The van der Waals surface area contributed by atoms with Gasteiger partial charge in [0, 0.05) is 6.20 Å². The highest BCUT2D eigenvalue weighted by atomic mass is 16.6. The molecule has 0 unspecified atom stereocenters. The molecule has 2 rings (SSSR count). The lowest BCUT2D eigenvalue weighted by molar-refractivity contribution is -0.394. The van der Waals surface area contributed by atoms with Crippen molar-refractivity contribution in [2.75, 3.05) is 5.43 Å². The van der Waals surface area contributed by atoms with E-state index in [0.29, 0.717) is 5.69 Å². The zero-order chi connectivity index (χ0) is 15.2. The van der Waals surface area contributed by atoms with Crippen LogP contribution in [-0.2, 0) is 0 Å². The van der Waals surface area contributed by atoms with Crippen LogP contribution in [-0.4, -0.2) is 26.0 Å². The molecule has 2 aromatic heterocycles. The largest absolute Gasteiger partial charge is 0.320 e. The van der Waals surface area contributed by atoms with Crippen LogP contribution >= 0.6 is 0 Å². The maximum absolute atomic E-state index is 10.9. The van der Waals surface area contributed by atoms with Gasteiger partial charge >= 0.3 is 5.69 Å². The van der Waals surface area contributed by atoms with Gasteiger partial charge in [0.2, 0.25) is 5.82 Å². The van der Waals surface area contributed by atoms with E-state index >= 15 is 0 Å². The van der Waals surface area contributed by atoms with Crippen LogP contribution < -0.4 is 5.43 Å². The van der Waals surface area contributed by atoms with Crippen molar-refractivity contribution >= 4 is 23.4 Å². The summed E-state index contributed by atoms with van der Waals surface area (Å²) in [4.78, 5) is 27.5. The first-order chi connectivity index (χ1) is 10.1. The average molecular weight is 288 g/mol. The lowest BCUT2D eigenvalue weighted by atomic mass is 10.3. The van der Waals surface area contributed by atoms with Crippen LogP contribution in [0.3, 0.4) is 0 Å². The summed E-state index contributed by atoms with van der Waals surface area (Å²) in [5, 5.41) is 25.2. The lowest BCUT2D eigenvalue weighted by Gasteiger charge is -2.00. The van der Waals surface area contributed by atoms with Crippen LogP contribution in [0.1, 0.15) is 5.69 Å². The Labute approximate surface area is 117 Å². The van der Waals surface area contributed by atoms with Crippen molar-refractivity contribution in [3.8, 4) is 0 Å². The van der Waals surface area contributed by atoms with E-state index in [4.69, 9.17) is 0 Å². The van der Waals surface area contributed by atoms with E-state index in [0.717, 1.165) is 12.3 Å². The van der Waals surface area contributed by atoms with Crippen molar-refractivity contribution in [3.05, 3.63) is 62.6 Å². The molecule has 0 aromatic carbocycles. The Morgan fingerprint density at radius 2 is 2.00 bits per heavy atom. The van der Waals surface area contributed by atoms with Crippen molar-refractivity contribution in [2.45, 2.75) is 0 Å². The minimum atomic E-state index is -0.779. The smallest absolute Gasteiger partial charge is 0.258 e. The van der Waals surface area contributed by atoms with Gasteiger partial charge in [0.1, 0.15) is 6.20 Å². The molecular formula is C11H8N6O4. The molecule has 0 saturated carbocycles. The summed E-state index contributed by atoms with van der Waals surface area (Å²) in [7, 11) is 0. The second-order valence-corrected chi connectivity index (χ2v) is 3.70. The van der Waals surface area contributed by atoms with Crippen molar-refractivity contribution < 1.29 is 9.85 Å². The summed E-state index contributed by atoms with van der Waals surface area (Å²) in [6.45, 7) is 0. The first-order valence-corrected chi connectivity index (χ1v) is 5.57. The molecule has 0 radical (unpaired) electrons. The lowest BCUT2D eigenvalue weighted by Crippen LogP contribution is -2.01. The van der Waals surface area contributed by atoms with E-state index in [2.05, 4.69) is 20.5 Å². The number of nitrogens with one attached hydrogen (secondary N) is 1. The zero-order valence-electron chi connectivity index (χ0n) is 10.4. The maximum Gasteiger partial charge on any atom is 0.320 e. The molecule has 0 saturated heterocycles. The van der Waals surface area contributed by atoms with E-state index < -0.39 is 21.2 Å². The molecular weight excluding hydrogens is 280 g/mol. The number of aromatic nitrogens is 2. The van der Waals surface area contributed by atoms with Gasteiger partial charge in [-0.05, 0) is 12.1 Å². The molecule has 0 fully saturated rings. The summed E-state index contributed by atoms with van der Waals surface area (Å²) in [6, 6.07) is 5.98. The number of hydrazone groups is 1. The van der Waals surface area contributed by atoms with Crippen LogP contribution in [0.2, 0.25) is 0 Å². The van der Waals surface area contributed by atoms with Gasteiger partial charge in [0.15, 0.2) is 0 Å². The molecule has 0 amide bonds. The Morgan fingerprint density at radius 3 is 2.62 bits per heavy atom. The third-order valence-corrected chi connectivity index (χ3v) is 2.32. The SMILES string of the molecule is O=[N+]([O-])c1cnc(NN=Cc2ccccn2)c([N+](=O)[O-])c1. The van der Waals surface area contributed by atoms with Crippen LogP contribution in [0, 0.1) is 20.2 Å². The van der Waals surface area contributed by atoms with Gasteiger partial charge < -0.3 is 0 Å². The molecule has 106 valence electrons. The number of rotatable bonds is 5. The molecule has 2 aromatic rings. The quantitative estimate of drug-likeness (QED) is 0.502. The number of hydrogen-bond donors (Lipinski definition) is 1. The minimum absolute atomic E-state index is 0.196. The third kappa shape index (κ3) is 3.53. The molecule has 0 bridgehead atoms. The summed E-state index contributed by atoms with van der Waals surface area (Å²) in [6.07, 6.45) is 3.81. The number of anilines is 1. The summed E-state index contributed by atoms with van der Waals surface area (Å²) >= 11 is 0. The average Bonchev–Trinajstić information content (AvgIpc) is 2.48. The van der Waals surface area contributed by atoms with Crippen molar-refractivity contribution in [3.63, 3.8) is 0 Å². The molecule has 1 N–H and O–H groups in total. The molecule has 0 aliphatic carbocycles. The van der Waals surface area contributed by atoms with Gasteiger partial charge in [0.05, 0.1) is 27.8 Å². The highest BCUT2D eigenvalue weighted by Gasteiger charge is 2.20. The first kappa shape index (κ1) is 14.0. The number of nitro groups is 2. The fraction of sp³-hybridized carbons (Fsp3) is 0. The normalized spacial score (nSPS) is 10.5. The Bertz CT molecular complexity index is 703. The molecule has 0 aliphatic heterocycles. The van der Waals surface area contributed by atoms with Gasteiger partial charge in [-0.15, -0.1) is 0 Å². The van der Waals surface area contributed by atoms with E-state index in [9.17, 15) is 20.2 Å². The van der Waals surface area contributed by atoms with Gasteiger partial charge in [-0.2, -0.15) is 5.10 Å². The van der Waals surface area contributed by atoms with Crippen molar-refractivity contribution in [1.29, 1.82) is 0 Å². The van der Waals surface area contributed by atoms with Crippen LogP contribution in [0.15, 0.2) is 41.8 Å². The van der Waals surface area contributed by atoms with Crippen LogP contribution in [0.25, 0.3) is 0 Å². The number of pyridine rings is 2.